The number of nitrogens with one attached hydrogen (secondary N) is 1. The summed E-state index contributed by atoms with van der Waals surface area (Å²) in [5, 5.41) is 31.9. The van der Waals surface area contributed by atoms with E-state index in [9.17, 15) is 15.0 Å². The molecule has 1 fully saturated rings. The highest BCUT2D eigenvalue weighted by molar-refractivity contribution is 7.71. The van der Waals surface area contributed by atoms with Gasteiger partial charge >= 0.3 is 0 Å². The predicted octanol–water partition coefficient (Wildman–Crippen LogP) is -2.09. The molecule has 8 nitrogen and oxygen atoms in total. The number of aromatic nitrogens is 3. The molecule has 9 heteroatoms. The summed E-state index contributed by atoms with van der Waals surface area (Å²) < 4.78 is 6.24. The molecule has 0 amide bonds. The fraction of sp³-hybridized carbons (Fsp3) is 0.625. The van der Waals surface area contributed by atoms with E-state index < -0.39 is 36.7 Å². The molecule has 2 rings (SSSR count). The summed E-state index contributed by atoms with van der Waals surface area (Å²) in [6.45, 7) is -0.439. The highest BCUT2D eigenvalue weighted by Gasteiger charge is 2.43. The third-order valence-electron chi connectivity index (χ3n) is 2.50. The van der Waals surface area contributed by atoms with Crippen LogP contribution in [0.25, 0.3) is 0 Å². The van der Waals surface area contributed by atoms with Crippen molar-refractivity contribution in [1.29, 1.82) is 0 Å². The average Bonchev–Trinajstić information content (AvgIpc) is 2.57. The first-order valence-electron chi connectivity index (χ1n) is 4.85. The number of hydrogen-bond acceptors (Lipinski definition) is 7. The zero-order chi connectivity index (χ0) is 12.6. The van der Waals surface area contributed by atoms with Crippen LogP contribution in [0.1, 0.15) is 6.23 Å². The molecule has 94 valence electrons. The van der Waals surface area contributed by atoms with E-state index in [2.05, 4.69) is 10.1 Å². The van der Waals surface area contributed by atoms with Crippen LogP contribution >= 0.6 is 12.2 Å². The topological polar surface area (TPSA) is 121 Å². The molecular weight excluding hydrogens is 250 g/mol. The van der Waals surface area contributed by atoms with Gasteiger partial charge in [-0.2, -0.15) is 5.10 Å². The van der Waals surface area contributed by atoms with Crippen LogP contribution in [0.2, 0.25) is 0 Å². The molecule has 1 aromatic heterocycles. The molecule has 1 aromatic rings. The Labute approximate surface area is 100 Å². The van der Waals surface area contributed by atoms with Crippen LogP contribution in [0.4, 0.5) is 0 Å². The number of rotatable bonds is 2. The van der Waals surface area contributed by atoms with Crippen molar-refractivity contribution in [3.63, 3.8) is 0 Å². The van der Waals surface area contributed by atoms with Gasteiger partial charge in [-0.05, 0) is 12.2 Å². The molecule has 4 atom stereocenters. The second-order valence-electron chi connectivity index (χ2n) is 3.61. The fourth-order valence-corrected chi connectivity index (χ4v) is 1.88. The first kappa shape index (κ1) is 12.3. The van der Waals surface area contributed by atoms with Crippen molar-refractivity contribution >= 4 is 12.2 Å². The number of H-pyrrole nitrogens is 1. The number of aromatic amines is 1. The summed E-state index contributed by atoms with van der Waals surface area (Å²) in [5.74, 6) is 0. The van der Waals surface area contributed by atoms with E-state index in [-0.39, 0.29) is 4.77 Å². The van der Waals surface area contributed by atoms with Gasteiger partial charge in [0, 0.05) is 0 Å². The van der Waals surface area contributed by atoms with Crippen molar-refractivity contribution in [2.24, 2.45) is 0 Å². The lowest BCUT2D eigenvalue weighted by Gasteiger charge is -2.16. The maximum absolute atomic E-state index is 10.9. The van der Waals surface area contributed by atoms with Crippen molar-refractivity contribution in [2.45, 2.75) is 24.5 Å². The Hall–Kier alpha value is -1.13. The van der Waals surface area contributed by atoms with Gasteiger partial charge in [0.15, 0.2) is 11.0 Å². The standard InChI is InChI=1S/C8H11N3O5S/c12-2-3-5(14)6(15)7(16-3)11-8(17)10-4(13)1-9-11/h1,3,5-7,12,14-15H,2H2,(H,10,13,17)/t3-,5?,6?,7-/m1/s1. The zero-order valence-corrected chi connectivity index (χ0v) is 9.37. The van der Waals surface area contributed by atoms with Gasteiger partial charge in [-0.15, -0.1) is 0 Å². The molecule has 2 unspecified atom stereocenters. The molecule has 4 N–H and O–H groups in total. The van der Waals surface area contributed by atoms with Crippen molar-refractivity contribution in [3.05, 3.63) is 21.3 Å². The minimum atomic E-state index is -1.28. The van der Waals surface area contributed by atoms with Crippen LogP contribution in [-0.2, 0) is 4.74 Å². The van der Waals surface area contributed by atoms with E-state index in [1.54, 1.807) is 0 Å². The highest BCUT2D eigenvalue weighted by Crippen LogP contribution is 2.28. The van der Waals surface area contributed by atoms with Gasteiger partial charge in [0.05, 0.1) is 6.61 Å². The van der Waals surface area contributed by atoms with Crippen LogP contribution in [0, 0.1) is 4.77 Å². The van der Waals surface area contributed by atoms with Gasteiger partial charge in [-0.25, -0.2) is 4.68 Å². The van der Waals surface area contributed by atoms with E-state index in [0.29, 0.717) is 0 Å². The lowest BCUT2D eigenvalue weighted by Crippen LogP contribution is -2.33. The highest BCUT2D eigenvalue weighted by atomic mass is 32.1. The molecular formula is C8H11N3O5S. The first-order chi connectivity index (χ1) is 8.04. The maximum atomic E-state index is 10.9. The summed E-state index contributed by atoms with van der Waals surface area (Å²) in [5.41, 5.74) is -0.474. The third-order valence-corrected chi connectivity index (χ3v) is 2.78. The Kier molecular flexibility index (Phi) is 3.35. The van der Waals surface area contributed by atoms with Crippen LogP contribution in [0.15, 0.2) is 11.0 Å². The molecule has 2 heterocycles. The summed E-state index contributed by atoms with van der Waals surface area (Å²) in [4.78, 5) is 13.2. The molecule has 0 aromatic carbocycles. The Morgan fingerprint density at radius 3 is 2.76 bits per heavy atom. The molecule has 1 saturated heterocycles. The van der Waals surface area contributed by atoms with Crippen LogP contribution in [0.3, 0.4) is 0 Å². The molecule has 1 aliphatic rings. The summed E-state index contributed by atoms with van der Waals surface area (Å²) in [6, 6.07) is 0. The maximum Gasteiger partial charge on any atom is 0.270 e. The van der Waals surface area contributed by atoms with Gasteiger partial charge in [-0.1, -0.05) is 0 Å². The monoisotopic (exact) mass is 261 g/mol. The van der Waals surface area contributed by atoms with Crippen molar-refractivity contribution in [1.82, 2.24) is 14.8 Å². The Balaban J connectivity index is 2.35. The Morgan fingerprint density at radius 1 is 1.53 bits per heavy atom. The van der Waals surface area contributed by atoms with Crippen molar-refractivity contribution in [3.8, 4) is 0 Å². The van der Waals surface area contributed by atoms with Crippen molar-refractivity contribution in [2.75, 3.05) is 6.61 Å². The molecule has 17 heavy (non-hydrogen) atoms. The van der Waals surface area contributed by atoms with Gasteiger partial charge in [0.1, 0.15) is 24.5 Å². The number of hydrogen-bond donors (Lipinski definition) is 4. The van der Waals surface area contributed by atoms with E-state index >= 15 is 0 Å². The van der Waals surface area contributed by atoms with E-state index in [1.165, 1.54) is 0 Å². The predicted molar refractivity (Wildman–Crippen MR) is 56.7 cm³/mol. The number of nitrogens with zero attached hydrogens (tertiary/aromatic N) is 2. The van der Waals surface area contributed by atoms with E-state index in [0.717, 1.165) is 10.9 Å². The van der Waals surface area contributed by atoms with E-state index in [1.807, 2.05) is 0 Å². The van der Waals surface area contributed by atoms with Gasteiger partial charge < -0.3 is 20.1 Å². The largest absolute Gasteiger partial charge is 0.394 e. The SMILES string of the molecule is O=c1cnn([C@@H]2O[C@H](CO)C(O)C2O)c(=S)[nH]1. The summed E-state index contributed by atoms with van der Waals surface area (Å²) >= 11 is 4.85. The second-order valence-corrected chi connectivity index (χ2v) is 4.00. The first-order valence-corrected chi connectivity index (χ1v) is 5.26. The second kappa shape index (κ2) is 4.63. The molecule has 0 spiro atoms. The summed E-state index contributed by atoms with van der Waals surface area (Å²) in [6.07, 6.45) is -3.49. The molecule has 0 saturated carbocycles. The Bertz CT molecular complexity index is 514. The van der Waals surface area contributed by atoms with Crippen LogP contribution < -0.4 is 5.56 Å². The summed E-state index contributed by atoms with van der Waals surface area (Å²) in [7, 11) is 0. The quantitative estimate of drug-likeness (QED) is 0.450. The smallest absolute Gasteiger partial charge is 0.270 e. The van der Waals surface area contributed by atoms with Crippen LogP contribution in [-0.4, -0.2) is 55.0 Å². The molecule has 0 aliphatic carbocycles. The number of aliphatic hydroxyl groups excluding tert-OH is 3. The van der Waals surface area contributed by atoms with Crippen molar-refractivity contribution < 1.29 is 20.1 Å². The normalized spacial score (nSPS) is 32.9. The minimum Gasteiger partial charge on any atom is -0.394 e. The third kappa shape index (κ3) is 2.15. The fourth-order valence-electron chi connectivity index (χ4n) is 1.63. The van der Waals surface area contributed by atoms with Gasteiger partial charge in [0.25, 0.3) is 5.56 Å². The number of ether oxygens (including phenoxy) is 1. The minimum absolute atomic E-state index is 0.0349. The number of aliphatic hydroxyl groups is 3. The molecule has 0 radical (unpaired) electrons. The molecule has 1 aliphatic heterocycles. The molecule has 0 bridgehead atoms. The Morgan fingerprint density at radius 2 is 2.24 bits per heavy atom. The lowest BCUT2D eigenvalue weighted by molar-refractivity contribution is -0.0607. The zero-order valence-electron chi connectivity index (χ0n) is 8.55. The lowest BCUT2D eigenvalue weighted by atomic mass is 10.1. The van der Waals surface area contributed by atoms with E-state index in [4.69, 9.17) is 22.1 Å². The van der Waals surface area contributed by atoms with Crippen LogP contribution in [0.5, 0.6) is 0 Å². The average molecular weight is 261 g/mol. The van der Waals surface area contributed by atoms with Gasteiger partial charge in [-0.3, -0.25) is 9.78 Å². The van der Waals surface area contributed by atoms with Gasteiger partial charge in [0.2, 0.25) is 0 Å².